The highest BCUT2D eigenvalue weighted by Crippen LogP contribution is 2.31. The molecule has 4 nitrogen and oxygen atoms in total. The summed E-state index contributed by atoms with van der Waals surface area (Å²) in [5.74, 6) is 0.0193. The zero-order chi connectivity index (χ0) is 13.9. The van der Waals surface area contributed by atoms with Crippen molar-refractivity contribution in [3.05, 3.63) is 34.7 Å². The first-order valence-corrected chi connectivity index (χ1v) is 7.60. The molecule has 1 aromatic rings. The van der Waals surface area contributed by atoms with E-state index in [1.807, 2.05) is 6.07 Å². The largest absolute Gasteiger partial charge is 0.508 e. The fourth-order valence-electron chi connectivity index (χ4n) is 2.38. The number of aromatic hydroxyl groups is 1. The fourth-order valence-corrected chi connectivity index (χ4v) is 3.35. The molecule has 104 valence electrons. The molecule has 5 heteroatoms. The van der Waals surface area contributed by atoms with Crippen molar-refractivity contribution in [2.24, 2.45) is 4.99 Å². The minimum atomic E-state index is -0.182. The standard InChI is InChI=1S/C15H16N2O2S/c18-12-6-4-5-11(9-12)10-13-14(19)16-15(20-13)17-7-2-1-3-8-17/h4-6,9-10,18H,1-3,7-8H2/b13-10+. The first kappa shape index (κ1) is 13.2. The van der Waals surface area contributed by atoms with E-state index in [1.165, 1.54) is 31.0 Å². The van der Waals surface area contributed by atoms with Crippen LogP contribution in [0.3, 0.4) is 0 Å². The van der Waals surface area contributed by atoms with Gasteiger partial charge in [-0.25, -0.2) is 0 Å². The third-order valence-electron chi connectivity index (χ3n) is 3.40. The van der Waals surface area contributed by atoms with Crippen LogP contribution in [0.15, 0.2) is 34.2 Å². The Morgan fingerprint density at radius 3 is 2.80 bits per heavy atom. The van der Waals surface area contributed by atoms with E-state index >= 15 is 0 Å². The molecule has 0 spiro atoms. The number of hydrogen-bond acceptors (Lipinski definition) is 4. The maximum Gasteiger partial charge on any atom is 0.286 e. The van der Waals surface area contributed by atoms with E-state index in [9.17, 15) is 9.90 Å². The number of phenols is 1. The second-order valence-electron chi connectivity index (χ2n) is 4.95. The predicted molar refractivity (Wildman–Crippen MR) is 81.5 cm³/mol. The molecule has 1 fully saturated rings. The van der Waals surface area contributed by atoms with E-state index in [1.54, 1.807) is 24.3 Å². The van der Waals surface area contributed by atoms with Gasteiger partial charge in [0.05, 0.1) is 4.91 Å². The van der Waals surface area contributed by atoms with Gasteiger partial charge in [0.1, 0.15) is 5.75 Å². The molecule has 0 aliphatic carbocycles. The number of carbonyl (C=O) groups excluding carboxylic acids is 1. The van der Waals surface area contributed by atoms with Gasteiger partial charge in [0.25, 0.3) is 5.91 Å². The van der Waals surface area contributed by atoms with Gasteiger partial charge < -0.3 is 10.0 Å². The normalized spacial score (nSPS) is 21.4. The third-order valence-corrected chi connectivity index (χ3v) is 4.45. The summed E-state index contributed by atoms with van der Waals surface area (Å²) in [6, 6.07) is 6.87. The number of thioether (sulfide) groups is 1. The molecule has 0 bridgehead atoms. The predicted octanol–water partition coefficient (Wildman–Crippen LogP) is 2.85. The average Bonchev–Trinajstić information content (AvgIpc) is 2.81. The minimum Gasteiger partial charge on any atom is -0.508 e. The lowest BCUT2D eigenvalue weighted by molar-refractivity contribution is -0.113. The maximum atomic E-state index is 12.0. The Kier molecular flexibility index (Phi) is 3.78. The van der Waals surface area contributed by atoms with Crippen molar-refractivity contribution in [1.29, 1.82) is 0 Å². The summed E-state index contributed by atoms with van der Waals surface area (Å²) in [5, 5.41) is 10.3. The van der Waals surface area contributed by atoms with Gasteiger partial charge in [0, 0.05) is 13.1 Å². The second-order valence-corrected chi connectivity index (χ2v) is 5.96. The summed E-state index contributed by atoms with van der Waals surface area (Å²) >= 11 is 1.43. The van der Waals surface area contributed by atoms with E-state index in [0.717, 1.165) is 23.8 Å². The number of rotatable bonds is 1. The van der Waals surface area contributed by atoms with Crippen LogP contribution in [0.2, 0.25) is 0 Å². The highest BCUT2D eigenvalue weighted by molar-refractivity contribution is 8.18. The smallest absolute Gasteiger partial charge is 0.286 e. The lowest BCUT2D eigenvalue weighted by Crippen LogP contribution is -2.33. The number of hydrogen-bond donors (Lipinski definition) is 1. The molecule has 2 heterocycles. The topological polar surface area (TPSA) is 52.9 Å². The van der Waals surface area contributed by atoms with Crippen LogP contribution >= 0.6 is 11.8 Å². The fraction of sp³-hybridized carbons (Fsp3) is 0.333. The van der Waals surface area contributed by atoms with Gasteiger partial charge in [-0.1, -0.05) is 12.1 Å². The molecule has 0 unspecified atom stereocenters. The Morgan fingerprint density at radius 2 is 2.05 bits per heavy atom. The van der Waals surface area contributed by atoms with Crippen molar-refractivity contribution in [3.63, 3.8) is 0 Å². The number of nitrogens with zero attached hydrogens (tertiary/aromatic N) is 2. The number of carbonyl (C=O) groups is 1. The summed E-state index contributed by atoms with van der Waals surface area (Å²) in [7, 11) is 0. The van der Waals surface area contributed by atoms with Gasteiger partial charge in [0.15, 0.2) is 5.17 Å². The lowest BCUT2D eigenvalue weighted by Gasteiger charge is -2.27. The first-order valence-electron chi connectivity index (χ1n) is 6.79. The SMILES string of the molecule is O=C1N=C(N2CCCCC2)S/C1=C/c1cccc(O)c1. The maximum absolute atomic E-state index is 12.0. The quantitative estimate of drug-likeness (QED) is 0.807. The van der Waals surface area contributed by atoms with Crippen LogP contribution in [0.1, 0.15) is 24.8 Å². The molecule has 1 aromatic carbocycles. The van der Waals surface area contributed by atoms with Gasteiger partial charge in [0.2, 0.25) is 0 Å². The number of aliphatic imine (C=N–C) groups is 1. The molecule has 0 radical (unpaired) electrons. The Morgan fingerprint density at radius 1 is 1.25 bits per heavy atom. The highest BCUT2D eigenvalue weighted by Gasteiger charge is 2.26. The van der Waals surface area contributed by atoms with E-state index in [0.29, 0.717) is 4.91 Å². The van der Waals surface area contributed by atoms with Crippen LogP contribution in [-0.4, -0.2) is 34.2 Å². The Hall–Kier alpha value is -1.75. The van der Waals surface area contributed by atoms with Gasteiger partial charge in [-0.15, -0.1) is 0 Å². The van der Waals surface area contributed by atoms with Crippen molar-refractivity contribution in [1.82, 2.24) is 4.90 Å². The first-order chi connectivity index (χ1) is 9.72. The van der Waals surface area contributed by atoms with E-state index < -0.39 is 0 Å². The summed E-state index contributed by atoms with van der Waals surface area (Å²) in [6.07, 6.45) is 5.38. The van der Waals surface area contributed by atoms with Crippen molar-refractivity contribution in [2.45, 2.75) is 19.3 Å². The zero-order valence-electron chi connectivity index (χ0n) is 11.1. The molecule has 1 N–H and O–H groups in total. The van der Waals surface area contributed by atoms with Crippen LogP contribution in [0.5, 0.6) is 5.75 Å². The number of likely N-dealkylation sites (tertiary alicyclic amines) is 1. The summed E-state index contributed by atoms with van der Waals surface area (Å²) in [5.41, 5.74) is 0.816. The lowest BCUT2D eigenvalue weighted by atomic mass is 10.1. The van der Waals surface area contributed by atoms with E-state index in [2.05, 4.69) is 9.89 Å². The van der Waals surface area contributed by atoms with Crippen LogP contribution in [0.25, 0.3) is 6.08 Å². The molecule has 20 heavy (non-hydrogen) atoms. The molecule has 1 saturated heterocycles. The van der Waals surface area contributed by atoms with Gasteiger partial charge in [-0.05, 0) is 54.8 Å². The van der Waals surface area contributed by atoms with Crippen LogP contribution in [0, 0.1) is 0 Å². The second kappa shape index (κ2) is 5.71. The monoisotopic (exact) mass is 288 g/mol. The van der Waals surface area contributed by atoms with E-state index in [4.69, 9.17) is 0 Å². The molecule has 2 aliphatic rings. The number of amides is 1. The summed E-state index contributed by atoms with van der Waals surface area (Å²) < 4.78 is 0. The van der Waals surface area contributed by atoms with Gasteiger partial charge >= 0.3 is 0 Å². The van der Waals surface area contributed by atoms with Crippen molar-refractivity contribution in [3.8, 4) is 5.75 Å². The number of piperidine rings is 1. The van der Waals surface area contributed by atoms with E-state index in [-0.39, 0.29) is 11.7 Å². The van der Waals surface area contributed by atoms with Gasteiger partial charge in [-0.2, -0.15) is 4.99 Å². The average molecular weight is 288 g/mol. The van der Waals surface area contributed by atoms with Crippen LogP contribution in [-0.2, 0) is 4.79 Å². The van der Waals surface area contributed by atoms with Crippen molar-refractivity contribution >= 4 is 28.9 Å². The molecule has 0 atom stereocenters. The Labute approximate surface area is 122 Å². The zero-order valence-corrected chi connectivity index (χ0v) is 11.9. The number of amidine groups is 1. The number of benzene rings is 1. The molecule has 2 aliphatic heterocycles. The van der Waals surface area contributed by atoms with Crippen molar-refractivity contribution in [2.75, 3.05) is 13.1 Å². The molecular formula is C15H16N2O2S. The minimum absolute atomic E-state index is 0.182. The summed E-state index contributed by atoms with van der Waals surface area (Å²) in [6.45, 7) is 1.97. The Bertz CT molecular complexity index is 589. The number of phenolic OH excluding ortho intramolecular Hbond substituents is 1. The van der Waals surface area contributed by atoms with Crippen LogP contribution in [0.4, 0.5) is 0 Å². The molecule has 1 amide bonds. The Balaban J connectivity index is 1.76. The van der Waals surface area contributed by atoms with Crippen LogP contribution < -0.4 is 0 Å². The highest BCUT2D eigenvalue weighted by atomic mass is 32.2. The molecule has 3 rings (SSSR count). The molecular weight excluding hydrogens is 272 g/mol. The third kappa shape index (κ3) is 2.88. The van der Waals surface area contributed by atoms with Crippen molar-refractivity contribution < 1.29 is 9.90 Å². The molecule has 0 saturated carbocycles. The molecule has 0 aromatic heterocycles. The summed E-state index contributed by atoms with van der Waals surface area (Å²) in [4.78, 5) is 18.9. The van der Waals surface area contributed by atoms with Gasteiger partial charge in [-0.3, -0.25) is 4.79 Å².